The molecular weight excluding hydrogens is 478 g/mol. The lowest BCUT2D eigenvalue weighted by molar-refractivity contribution is -0.149. The van der Waals surface area contributed by atoms with Gasteiger partial charge in [-0.25, -0.2) is 8.42 Å². The van der Waals surface area contributed by atoms with Gasteiger partial charge in [0.25, 0.3) is 15.9 Å². The Bertz CT molecular complexity index is 1180. The van der Waals surface area contributed by atoms with Crippen molar-refractivity contribution in [3.8, 4) is 0 Å². The van der Waals surface area contributed by atoms with Gasteiger partial charge in [0.05, 0.1) is 12.5 Å². The summed E-state index contributed by atoms with van der Waals surface area (Å²) < 4.78 is 28.0. The monoisotopic (exact) mass is 505 g/mol. The smallest absolute Gasteiger partial charge is 0.305 e. The third-order valence-corrected chi connectivity index (χ3v) is 9.21. The number of amides is 2. The Morgan fingerprint density at radius 2 is 1.94 bits per heavy atom. The maximum atomic E-state index is 13.6. The molecule has 2 aromatic rings. The molecule has 2 amide bonds. The van der Waals surface area contributed by atoms with Crippen LogP contribution in [0.25, 0.3) is 0 Å². The SMILES string of the molecule is Cc1cccc(C(CC(=O)O)NC(=O)C2N(C(=O)C3CC3)CCCN2S(=O)(=O)c2cccs2)c1. The molecule has 4 rings (SSSR count). The van der Waals surface area contributed by atoms with E-state index in [-0.39, 0.29) is 35.5 Å². The minimum absolute atomic E-state index is 0.0841. The topological polar surface area (TPSA) is 124 Å². The maximum absolute atomic E-state index is 13.6. The molecule has 2 aliphatic rings. The van der Waals surface area contributed by atoms with Crippen LogP contribution in [0.15, 0.2) is 46.0 Å². The van der Waals surface area contributed by atoms with Crippen molar-refractivity contribution < 1.29 is 27.9 Å². The molecule has 2 fully saturated rings. The summed E-state index contributed by atoms with van der Waals surface area (Å²) >= 11 is 1.04. The van der Waals surface area contributed by atoms with E-state index in [1.54, 1.807) is 29.6 Å². The Labute approximate surface area is 202 Å². The Balaban J connectivity index is 1.69. The number of nitrogens with one attached hydrogen (secondary N) is 1. The second-order valence-corrected chi connectivity index (χ2v) is 11.7. The Morgan fingerprint density at radius 1 is 1.18 bits per heavy atom. The highest BCUT2D eigenvalue weighted by Crippen LogP contribution is 2.35. The van der Waals surface area contributed by atoms with E-state index in [1.807, 2.05) is 13.0 Å². The van der Waals surface area contributed by atoms with Crippen LogP contribution in [0.5, 0.6) is 0 Å². The van der Waals surface area contributed by atoms with Gasteiger partial charge in [-0.2, -0.15) is 4.31 Å². The molecule has 11 heteroatoms. The van der Waals surface area contributed by atoms with Gasteiger partial charge in [-0.3, -0.25) is 14.4 Å². The average Bonchev–Trinajstić information content (AvgIpc) is 3.49. The fraction of sp³-hybridized carbons (Fsp3) is 0.435. The van der Waals surface area contributed by atoms with Crippen molar-refractivity contribution in [2.24, 2.45) is 5.92 Å². The molecule has 1 saturated carbocycles. The first kappa shape index (κ1) is 24.4. The zero-order chi connectivity index (χ0) is 24.5. The van der Waals surface area contributed by atoms with E-state index in [1.165, 1.54) is 11.0 Å². The lowest BCUT2D eigenvalue weighted by Gasteiger charge is -2.42. The van der Waals surface area contributed by atoms with Crippen LogP contribution in [-0.4, -0.2) is 59.8 Å². The van der Waals surface area contributed by atoms with Crippen molar-refractivity contribution >= 4 is 39.1 Å². The normalized spacial score (nSPS) is 20.0. The summed E-state index contributed by atoms with van der Waals surface area (Å²) in [5, 5.41) is 13.8. The molecule has 2 heterocycles. The second kappa shape index (κ2) is 9.85. The molecule has 0 bridgehead atoms. The third-order valence-electron chi connectivity index (χ3n) is 5.99. The standard InChI is InChI=1S/C23H27N3O6S2/c1-15-5-2-6-17(13-15)18(14-19(27)28)24-21(29)22-25(23(30)16-8-9-16)10-4-11-26(22)34(31,32)20-7-3-12-33-20/h2-3,5-7,12-13,16,18,22H,4,8-11,14H2,1H3,(H,24,29)(H,27,28). The van der Waals surface area contributed by atoms with Crippen LogP contribution in [0.2, 0.25) is 0 Å². The highest BCUT2D eigenvalue weighted by Gasteiger charge is 2.47. The zero-order valence-electron chi connectivity index (χ0n) is 18.7. The quantitative estimate of drug-likeness (QED) is 0.568. The van der Waals surface area contributed by atoms with E-state index >= 15 is 0 Å². The number of hydrogen-bond acceptors (Lipinski definition) is 6. The molecule has 1 aromatic carbocycles. The first-order valence-corrected chi connectivity index (χ1v) is 13.4. The van der Waals surface area contributed by atoms with Crippen molar-refractivity contribution in [1.29, 1.82) is 0 Å². The third kappa shape index (κ3) is 5.16. The number of sulfonamides is 1. The van der Waals surface area contributed by atoms with E-state index in [0.29, 0.717) is 24.8 Å². The highest BCUT2D eigenvalue weighted by atomic mass is 32.2. The van der Waals surface area contributed by atoms with Crippen LogP contribution < -0.4 is 5.32 Å². The van der Waals surface area contributed by atoms with Crippen LogP contribution in [0.4, 0.5) is 0 Å². The summed E-state index contributed by atoms with van der Waals surface area (Å²) in [6.45, 7) is 2.20. The van der Waals surface area contributed by atoms with Crippen molar-refractivity contribution in [2.45, 2.75) is 49.0 Å². The van der Waals surface area contributed by atoms with Gasteiger partial charge in [-0.15, -0.1) is 11.3 Å². The Hall–Kier alpha value is -2.76. The predicted octanol–water partition coefficient (Wildman–Crippen LogP) is 2.35. The van der Waals surface area contributed by atoms with Crippen LogP contribution in [0.3, 0.4) is 0 Å². The number of nitrogens with zero attached hydrogens (tertiary/aromatic N) is 2. The van der Waals surface area contributed by atoms with Gasteiger partial charge in [0.1, 0.15) is 4.21 Å². The first-order chi connectivity index (χ1) is 16.2. The number of hydrogen-bond donors (Lipinski definition) is 2. The van der Waals surface area contributed by atoms with E-state index in [4.69, 9.17) is 0 Å². The fourth-order valence-electron chi connectivity index (χ4n) is 4.20. The minimum Gasteiger partial charge on any atom is -0.481 e. The van der Waals surface area contributed by atoms with E-state index in [0.717, 1.165) is 21.2 Å². The minimum atomic E-state index is -4.03. The molecule has 34 heavy (non-hydrogen) atoms. The summed E-state index contributed by atoms with van der Waals surface area (Å²) in [5.41, 5.74) is 1.49. The van der Waals surface area contributed by atoms with Crippen molar-refractivity contribution in [3.05, 3.63) is 52.9 Å². The summed E-state index contributed by atoms with van der Waals surface area (Å²) in [6, 6.07) is 9.33. The largest absolute Gasteiger partial charge is 0.481 e. The molecular formula is C23H27N3O6S2. The van der Waals surface area contributed by atoms with Crippen molar-refractivity contribution in [3.63, 3.8) is 0 Å². The second-order valence-electron chi connectivity index (χ2n) is 8.65. The van der Waals surface area contributed by atoms with Crippen LogP contribution in [0, 0.1) is 12.8 Å². The van der Waals surface area contributed by atoms with Gasteiger partial charge in [0.2, 0.25) is 5.91 Å². The lowest BCUT2D eigenvalue weighted by Crippen LogP contribution is -2.63. The number of aliphatic carboxylic acids is 1. The van der Waals surface area contributed by atoms with Gasteiger partial charge in [-0.05, 0) is 43.2 Å². The molecule has 2 unspecified atom stereocenters. The molecule has 2 atom stereocenters. The van der Waals surface area contributed by atoms with Gasteiger partial charge in [0.15, 0.2) is 6.17 Å². The van der Waals surface area contributed by atoms with E-state index in [9.17, 15) is 27.9 Å². The molecule has 1 aliphatic heterocycles. The highest BCUT2D eigenvalue weighted by molar-refractivity contribution is 7.91. The molecule has 0 radical (unpaired) electrons. The number of carbonyl (C=O) groups excluding carboxylic acids is 2. The number of thiophene rings is 1. The molecule has 0 spiro atoms. The van der Waals surface area contributed by atoms with Crippen LogP contribution >= 0.6 is 11.3 Å². The summed E-state index contributed by atoms with van der Waals surface area (Å²) in [6.07, 6.45) is 0.0768. The number of benzene rings is 1. The number of rotatable bonds is 8. The maximum Gasteiger partial charge on any atom is 0.305 e. The predicted molar refractivity (Wildman–Crippen MR) is 125 cm³/mol. The number of carbonyl (C=O) groups is 3. The molecule has 182 valence electrons. The van der Waals surface area contributed by atoms with Crippen LogP contribution in [0.1, 0.15) is 42.9 Å². The van der Waals surface area contributed by atoms with Gasteiger partial charge in [-0.1, -0.05) is 35.9 Å². The molecule has 2 N–H and O–H groups in total. The van der Waals surface area contributed by atoms with Crippen molar-refractivity contribution in [1.82, 2.24) is 14.5 Å². The fourth-order valence-corrected chi connectivity index (χ4v) is 6.91. The summed E-state index contributed by atoms with van der Waals surface area (Å²) in [4.78, 5) is 39.6. The van der Waals surface area contributed by atoms with Crippen molar-refractivity contribution in [2.75, 3.05) is 13.1 Å². The van der Waals surface area contributed by atoms with E-state index < -0.39 is 34.1 Å². The number of carboxylic acids is 1. The zero-order valence-corrected chi connectivity index (χ0v) is 20.3. The Kier molecular flexibility index (Phi) is 7.06. The Morgan fingerprint density at radius 3 is 2.56 bits per heavy atom. The number of aryl methyl sites for hydroxylation is 1. The summed E-state index contributed by atoms with van der Waals surface area (Å²) in [5.74, 6) is -2.26. The lowest BCUT2D eigenvalue weighted by atomic mass is 10.0. The molecule has 9 nitrogen and oxygen atoms in total. The van der Waals surface area contributed by atoms with Gasteiger partial charge < -0.3 is 15.3 Å². The molecule has 1 saturated heterocycles. The van der Waals surface area contributed by atoms with E-state index in [2.05, 4.69) is 5.32 Å². The summed E-state index contributed by atoms with van der Waals surface area (Å²) in [7, 11) is -4.03. The van der Waals surface area contributed by atoms with Crippen LogP contribution in [-0.2, 0) is 24.4 Å². The van der Waals surface area contributed by atoms with Gasteiger partial charge in [0, 0.05) is 19.0 Å². The molecule has 1 aliphatic carbocycles. The molecule has 1 aromatic heterocycles. The number of carboxylic acid groups (broad SMARTS) is 1. The van der Waals surface area contributed by atoms with Gasteiger partial charge >= 0.3 is 5.97 Å². The average molecular weight is 506 g/mol. The first-order valence-electron chi connectivity index (χ1n) is 11.1.